The van der Waals surface area contributed by atoms with Gasteiger partial charge in [0, 0.05) is 67.3 Å². The SMILES string of the molecule is CC(C)CC(N)c1cc(C(F)(F)F)ccc1N1CCN(C(=O)C(Cc2ccc(Cl)cc2Cl)N2CCCCC2=O)CC1. The summed E-state index contributed by atoms with van der Waals surface area (Å²) in [5.74, 6) is 0.00682. The Kier molecular flexibility index (Phi) is 10.1. The van der Waals surface area contributed by atoms with Crippen LogP contribution in [0.15, 0.2) is 36.4 Å². The van der Waals surface area contributed by atoms with Crippen LogP contribution in [0.5, 0.6) is 0 Å². The fraction of sp³-hybridized carbons (Fsp3) is 0.533. The number of benzene rings is 2. The molecule has 0 aromatic heterocycles. The van der Waals surface area contributed by atoms with Crippen LogP contribution < -0.4 is 10.6 Å². The van der Waals surface area contributed by atoms with Crippen LogP contribution in [0.3, 0.4) is 0 Å². The molecule has 2 saturated heterocycles. The normalized spacial score (nSPS) is 18.2. The summed E-state index contributed by atoms with van der Waals surface area (Å²) in [5, 5.41) is 0.930. The van der Waals surface area contributed by atoms with Crippen LogP contribution in [-0.2, 0) is 22.2 Å². The Morgan fingerprint density at radius 2 is 1.71 bits per heavy atom. The summed E-state index contributed by atoms with van der Waals surface area (Å²) in [5.41, 5.74) is 7.54. The largest absolute Gasteiger partial charge is 0.416 e. The van der Waals surface area contributed by atoms with Gasteiger partial charge in [-0.15, -0.1) is 0 Å². The van der Waals surface area contributed by atoms with Gasteiger partial charge in [0.1, 0.15) is 6.04 Å². The van der Waals surface area contributed by atoms with Gasteiger partial charge in [-0.25, -0.2) is 0 Å². The number of carbonyl (C=O) groups is 2. The van der Waals surface area contributed by atoms with E-state index < -0.39 is 23.8 Å². The van der Waals surface area contributed by atoms with Crippen LogP contribution in [0, 0.1) is 5.92 Å². The number of anilines is 1. The molecule has 41 heavy (non-hydrogen) atoms. The maximum Gasteiger partial charge on any atom is 0.416 e. The predicted octanol–water partition coefficient (Wildman–Crippen LogP) is 6.33. The van der Waals surface area contributed by atoms with Crippen molar-refractivity contribution < 1.29 is 22.8 Å². The first-order chi connectivity index (χ1) is 19.3. The molecule has 2 heterocycles. The Bertz CT molecular complexity index is 1250. The molecule has 2 aromatic rings. The van der Waals surface area contributed by atoms with E-state index in [4.69, 9.17) is 28.9 Å². The lowest BCUT2D eigenvalue weighted by atomic mass is 9.94. The molecule has 2 aliphatic rings. The van der Waals surface area contributed by atoms with E-state index in [1.54, 1.807) is 28.0 Å². The molecule has 11 heteroatoms. The van der Waals surface area contributed by atoms with Gasteiger partial charge < -0.3 is 20.4 Å². The molecule has 2 N–H and O–H groups in total. The molecule has 4 rings (SSSR count). The monoisotopic (exact) mass is 612 g/mol. The van der Waals surface area contributed by atoms with Crippen LogP contribution in [0.4, 0.5) is 18.9 Å². The van der Waals surface area contributed by atoms with Crippen molar-refractivity contribution in [3.8, 4) is 0 Å². The van der Waals surface area contributed by atoms with Gasteiger partial charge in [-0.2, -0.15) is 13.2 Å². The van der Waals surface area contributed by atoms with Crippen molar-refractivity contribution in [3.05, 3.63) is 63.1 Å². The molecule has 2 amide bonds. The molecule has 0 aliphatic carbocycles. The third kappa shape index (κ3) is 7.67. The number of alkyl halides is 3. The Morgan fingerprint density at radius 3 is 2.32 bits per heavy atom. The number of halogens is 5. The van der Waals surface area contributed by atoms with Gasteiger partial charge in [-0.1, -0.05) is 43.1 Å². The lowest BCUT2D eigenvalue weighted by Crippen LogP contribution is -2.57. The Morgan fingerprint density at radius 1 is 1.00 bits per heavy atom. The molecule has 0 spiro atoms. The van der Waals surface area contributed by atoms with E-state index in [2.05, 4.69) is 0 Å². The molecule has 0 saturated carbocycles. The number of carbonyl (C=O) groups excluding carboxylic acids is 2. The van der Waals surface area contributed by atoms with Crippen molar-refractivity contribution in [1.29, 1.82) is 0 Å². The highest BCUT2D eigenvalue weighted by Gasteiger charge is 2.37. The second-order valence-corrected chi connectivity index (χ2v) is 12.2. The zero-order valence-corrected chi connectivity index (χ0v) is 24.9. The average molecular weight is 614 g/mol. The smallest absolute Gasteiger partial charge is 0.368 e. The number of likely N-dealkylation sites (tertiary alicyclic amines) is 1. The number of hydrogen-bond donors (Lipinski definition) is 1. The molecule has 2 aromatic carbocycles. The Labute approximate surface area is 249 Å². The van der Waals surface area contributed by atoms with Crippen molar-refractivity contribution in [3.63, 3.8) is 0 Å². The topological polar surface area (TPSA) is 69.9 Å². The van der Waals surface area contributed by atoms with Crippen LogP contribution in [-0.4, -0.2) is 60.4 Å². The van der Waals surface area contributed by atoms with E-state index >= 15 is 0 Å². The summed E-state index contributed by atoms with van der Waals surface area (Å²) in [4.78, 5) is 32.2. The number of rotatable bonds is 8. The van der Waals surface area contributed by atoms with Crippen molar-refractivity contribution >= 4 is 40.7 Å². The number of piperidine rings is 1. The number of hydrogen-bond acceptors (Lipinski definition) is 4. The maximum atomic E-state index is 13.9. The van der Waals surface area contributed by atoms with E-state index in [1.807, 2.05) is 18.7 Å². The van der Waals surface area contributed by atoms with Crippen molar-refractivity contribution in [2.24, 2.45) is 11.7 Å². The summed E-state index contributed by atoms with van der Waals surface area (Å²) in [6.45, 7) is 6.07. The van der Waals surface area contributed by atoms with Gasteiger partial charge in [0.2, 0.25) is 11.8 Å². The Balaban J connectivity index is 1.54. The van der Waals surface area contributed by atoms with Crippen LogP contribution in [0.25, 0.3) is 0 Å². The minimum Gasteiger partial charge on any atom is -0.368 e. The minimum atomic E-state index is -4.47. The first-order valence-electron chi connectivity index (χ1n) is 14.1. The number of nitrogens with two attached hydrogens (primary N) is 1. The lowest BCUT2D eigenvalue weighted by molar-refractivity contribution is -0.147. The first kappa shape index (κ1) is 31.4. The Hall–Kier alpha value is -2.49. The highest BCUT2D eigenvalue weighted by molar-refractivity contribution is 6.35. The average Bonchev–Trinajstić information content (AvgIpc) is 2.92. The van der Waals surface area contributed by atoms with Crippen LogP contribution in [0.1, 0.15) is 62.3 Å². The molecule has 0 radical (unpaired) electrons. The van der Waals surface area contributed by atoms with E-state index in [1.165, 1.54) is 6.07 Å². The van der Waals surface area contributed by atoms with Crippen molar-refractivity contribution in [2.45, 2.75) is 64.2 Å². The van der Waals surface area contributed by atoms with Crippen LogP contribution in [0.2, 0.25) is 10.0 Å². The summed E-state index contributed by atoms with van der Waals surface area (Å²) in [6, 6.07) is 7.62. The molecule has 6 nitrogen and oxygen atoms in total. The highest BCUT2D eigenvalue weighted by Crippen LogP contribution is 2.37. The molecule has 2 fully saturated rings. The van der Waals surface area contributed by atoms with Gasteiger partial charge in [0.25, 0.3) is 0 Å². The molecular formula is C30H37Cl2F3N4O2. The standard InChI is InChI=1S/C30H37Cl2F3N4O2/c1-19(2)15-25(36)23-17-21(30(33,34)35)7-9-26(23)37-11-13-38(14-12-37)29(41)27(39-10-4-3-5-28(39)40)16-20-6-8-22(31)18-24(20)32/h6-9,17-19,25,27H,3-5,10-16,36H2,1-2H3. The maximum absolute atomic E-state index is 13.9. The zero-order chi connectivity index (χ0) is 29.9. The zero-order valence-electron chi connectivity index (χ0n) is 23.4. The third-order valence-electron chi connectivity index (χ3n) is 7.86. The summed E-state index contributed by atoms with van der Waals surface area (Å²) < 4.78 is 40.6. The number of nitrogens with zero attached hydrogens (tertiary/aromatic N) is 3. The molecular weight excluding hydrogens is 576 g/mol. The fourth-order valence-electron chi connectivity index (χ4n) is 5.71. The second kappa shape index (κ2) is 13.2. The van der Waals surface area contributed by atoms with Gasteiger partial charge in [-0.05, 0) is 66.6 Å². The van der Waals surface area contributed by atoms with E-state index in [-0.39, 0.29) is 24.2 Å². The molecule has 2 aliphatic heterocycles. The quantitative estimate of drug-likeness (QED) is 0.378. The second-order valence-electron chi connectivity index (χ2n) is 11.3. The van der Waals surface area contributed by atoms with Gasteiger partial charge >= 0.3 is 6.18 Å². The summed E-state index contributed by atoms with van der Waals surface area (Å²) in [7, 11) is 0. The van der Waals surface area contributed by atoms with E-state index in [0.29, 0.717) is 66.9 Å². The number of piperazine rings is 1. The third-order valence-corrected chi connectivity index (χ3v) is 8.45. The molecule has 2 atom stereocenters. The first-order valence-corrected chi connectivity index (χ1v) is 14.8. The van der Waals surface area contributed by atoms with Crippen molar-refractivity contribution in [1.82, 2.24) is 9.80 Å². The van der Waals surface area contributed by atoms with E-state index in [0.717, 1.165) is 30.5 Å². The van der Waals surface area contributed by atoms with Crippen LogP contribution >= 0.6 is 23.2 Å². The number of amides is 2. The van der Waals surface area contributed by atoms with Crippen molar-refractivity contribution in [2.75, 3.05) is 37.6 Å². The highest BCUT2D eigenvalue weighted by atomic mass is 35.5. The minimum absolute atomic E-state index is 0.0492. The summed E-state index contributed by atoms with van der Waals surface area (Å²) in [6.07, 6.45) is -1.63. The fourth-order valence-corrected chi connectivity index (χ4v) is 6.20. The van der Waals surface area contributed by atoms with Gasteiger partial charge in [0.05, 0.1) is 5.56 Å². The lowest BCUT2D eigenvalue weighted by Gasteiger charge is -2.41. The van der Waals surface area contributed by atoms with E-state index in [9.17, 15) is 22.8 Å². The summed E-state index contributed by atoms with van der Waals surface area (Å²) >= 11 is 12.5. The van der Waals surface area contributed by atoms with Gasteiger partial charge in [0.15, 0.2) is 0 Å². The van der Waals surface area contributed by atoms with Gasteiger partial charge in [-0.3, -0.25) is 9.59 Å². The molecule has 2 unspecified atom stereocenters. The molecule has 224 valence electrons. The molecule has 0 bridgehead atoms. The predicted molar refractivity (Wildman–Crippen MR) is 156 cm³/mol.